The lowest BCUT2D eigenvalue weighted by Crippen LogP contribution is -2.36. The van der Waals surface area contributed by atoms with Crippen LogP contribution in [0, 0.1) is 13.8 Å². The molecule has 2 rings (SSSR count). The van der Waals surface area contributed by atoms with Crippen LogP contribution in [0.25, 0.3) is 0 Å². The number of rotatable bonds is 6. The van der Waals surface area contributed by atoms with Gasteiger partial charge in [0.05, 0.1) is 12.5 Å². The molecule has 0 radical (unpaired) electrons. The van der Waals surface area contributed by atoms with Gasteiger partial charge in [-0.2, -0.15) is 11.3 Å². The molecule has 2 aromatic heterocycles. The minimum absolute atomic E-state index is 0.0399. The molecule has 7 heteroatoms. The lowest BCUT2D eigenvalue weighted by molar-refractivity contribution is -0.120. The number of carbonyl (C=O) groups excluding carboxylic acids is 1. The molecule has 23 heavy (non-hydrogen) atoms. The molecule has 6 nitrogen and oxygen atoms in total. The van der Waals surface area contributed by atoms with Crippen LogP contribution in [0.4, 0.5) is 0 Å². The zero-order chi connectivity index (χ0) is 17.0. The predicted molar refractivity (Wildman–Crippen MR) is 91.8 cm³/mol. The third-order valence-electron chi connectivity index (χ3n) is 3.72. The smallest absolute Gasteiger partial charge is 0.254 e. The summed E-state index contributed by atoms with van der Waals surface area (Å²) in [6.45, 7) is 3.97. The van der Waals surface area contributed by atoms with E-state index in [4.69, 9.17) is 0 Å². The summed E-state index contributed by atoms with van der Waals surface area (Å²) in [7, 11) is 3.96. The van der Waals surface area contributed by atoms with E-state index in [2.05, 4.69) is 31.6 Å². The number of thiophene rings is 1. The van der Waals surface area contributed by atoms with Gasteiger partial charge in [0, 0.05) is 17.8 Å². The van der Waals surface area contributed by atoms with Crippen LogP contribution in [-0.2, 0) is 11.2 Å². The first kappa shape index (κ1) is 17.4. The van der Waals surface area contributed by atoms with Crippen molar-refractivity contribution in [3.05, 3.63) is 49.8 Å². The highest BCUT2D eigenvalue weighted by molar-refractivity contribution is 7.07. The molecular weight excluding hydrogens is 312 g/mol. The van der Waals surface area contributed by atoms with E-state index in [0.29, 0.717) is 23.6 Å². The number of amides is 1. The van der Waals surface area contributed by atoms with Gasteiger partial charge in [0.15, 0.2) is 0 Å². The van der Waals surface area contributed by atoms with Gasteiger partial charge < -0.3 is 15.2 Å². The lowest BCUT2D eigenvalue weighted by atomic mass is 10.1. The number of aromatic amines is 1. The van der Waals surface area contributed by atoms with E-state index >= 15 is 0 Å². The molecule has 2 N–H and O–H groups in total. The maximum atomic E-state index is 12.2. The molecule has 0 aliphatic carbocycles. The van der Waals surface area contributed by atoms with E-state index in [-0.39, 0.29) is 23.9 Å². The fourth-order valence-electron chi connectivity index (χ4n) is 2.46. The number of nitrogens with zero attached hydrogens (tertiary/aromatic N) is 2. The number of hydrogen-bond donors (Lipinski definition) is 2. The molecule has 0 spiro atoms. The topological polar surface area (TPSA) is 78.1 Å². The Bertz CT molecular complexity index is 722. The van der Waals surface area contributed by atoms with Gasteiger partial charge in [-0.05, 0) is 50.3 Å². The van der Waals surface area contributed by atoms with Crippen LogP contribution in [0.15, 0.2) is 21.6 Å². The Morgan fingerprint density at radius 1 is 1.43 bits per heavy atom. The van der Waals surface area contributed by atoms with Crippen molar-refractivity contribution in [3.63, 3.8) is 0 Å². The molecule has 0 bridgehead atoms. The summed E-state index contributed by atoms with van der Waals surface area (Å²) in [6, 6.07) is 2.17. The van der Waals surface area contributed by atoms with Crippen LogP contribution in [0.2, 0.25) is 0 Å². The number of H-pyrrole nitrogens is 1. The zero-order valence-corrected chi connectivity index (χ0v) is 14.7. The van der Waals surface area contributed by atoms with Crippen LogP contribution >= 0.6 is 11.3 Å². The molecule has 0 saturated heterocycles. The second-order valence-electron chi connectivity index (χ2n) is 5.73. The molecule has 0 aromatic carbocycles. The average molecular weight is 334 g/mol. The maximum absolute atomic E-state index is 12.2. The highest BCUT2D eigenvalue weighted by Gasteiger charge is 2.17. The van der Waals surface area contributed by atoms with Crippen LogP contribution in [0.5, 0.6) is 0 Å². The summed E-state index contributed by atoms with van der Waals surface area (Å²) < 4.78 is 0. The quantitative estimate of drug-likeness (QED) is 0.837. The van der Waals surface area contributed by atoms with Gasteiger partial charge in [-0.1, -0.05) is 0 Å². The van der Waals surface area contributed by atoms with Gasteiger partial charge in [-0.25, -0.2) is 4.98 Å². The minimum atomic E-state index is -0.243. The fourth-order valence-corrected chi connectivity index (χ4v) is 3.16. The summed E-state index contributed by atoms with van der Waals surface area (Å²) in [5.41, 5.74) is 1.95. The Labute approximate surface area is 139 Å². The molecule has 2 heterocycles. The first-order valence-corrected chi connectivity index (χ1v) is 8.34. The SMILES string of the molecule is Cc1nc(C)c(CC(=O)NC[C@@H](c2ccsc2)N(C)C)c(=O)[nH]1. The Morgan fingerprint density at radius 2 is 2.17 bits per heavy atom. The molecule has 0 saturated carbocycles. The van der Waals surface area contributed by atoms with Crippen molar-refractivity contribution in [3.8, 4) is 0 Å². The maximum Gasteiger partial charge on any atom is 0.254 e. The van der Waals surface area contributed by atoms with E-state index in [1.165, 1.54) is 5.56 Å². The summed E-state index contributed by atoms with van der Waals surface area (Å²) >= 11 is 1.63. The Morgan fingerprint density at radius 3 is 2.74 bits per heavy atom. The van der Waals surface area contributed by atoms with Crippen molar-refractivity contribution in [2.75, 3.05) is 20.6 Å². The summed E-state index contributed by atoms with van der Waals surface area (Å²) in [5, 5.41) is 7.01. The van der Waals surface area contributed by atoms with E-state index < -0.39 is 0 Å². The second-order valence-corrected chi connectivity index (χ2v) is 6.51. The van der Waals surface area contributed by atoms with Gasteiger partial charge in [0.2, 0.25) is 5.91 Å². The summed E-state index contributed by atoms with van der Waals surface area (Å²) in [6.07, 6.45) is 0.0399. The normalized spacial score (nSPS) is 12.4. The van der Waals surface area contributed by atoms with Crippen LogP contribution in [0.3, 0.4) is 0 Å². The number of carbonyl (C=O) groups is 1. The standard InChI is InChI=1S/C16H22N4O2S/c1-10-13(16(22)19-11(2)18-10)7-15(21)17-8-14(20(3)4)12-5-6-23-9-12/h5-6,9,14H,7-8H2,1-4H3,(H,17,21)(H,18,19,22)/t14-/m0/s1. The van der Waals surface area contributed by atoms with Crippen LogP contribution < -0.4 is 10.9 Å². The van der Waals surface area contributed by atoms with Crippen molar-refractivity contribution >= 4 is 17.2 Å². The molecule has 0 aliphatic rings. The average Bonchev–Trinajstić information content (AvgIpc) is 2.96. The first-order valence-electron chi connectivity index (χ1n) is 7.40. The Kier molecular flexibility index (Phi) is 5.68. The van der Waals surface area contributed by atoms with Gasteiger partial charge in [0.1, 0.15) is 5.82 Å². The third-order valence-corrected chi connectivity index (χ3v) is 4.42. The number of hydrogen-bond acceptors (Lipinski definition) is 5. The molecular formula is C16H22N4O2S. The summed E-state index contributed by atoms with van der Waals surface area (Å²) in [4.78, 5) is 33.0. The minimum Gasteiger partial charge on any atom is -0.354 e. The van der Waals surface area contributed by atoms with Crippen LogP contribution in [-0.4, -0.2) is 41.4 Å². The van der Waals surface area contributed by atoms with Crippen molar-refractivity contribution in [2.45, 2.75) is 26.3 Å². The van der Waals surface area contributed by atoms with Crippen LogP contribution in [0.1, 0.15) is 28.7 Å². The molecule has 1 atom stereocenters. The largest absolute Gasteiger partial charge is 0.354 e. The summed E-state index contributed by atoms with van der Waals surface area (Å²) in [5.74, 6) is 0.383. The first-order chi connectivity index (χ1) is 10.9. The second kappa shape index (κ2) is 7.52. The number of likely N-dealkylation sites (N-methyl/N-ethyl adjacent to an activating group) is 1. The monoisotopic (exact) mass is 334 g/mol. The number of aromatic nitrogens is 2. The predicted octanol–water partition coefficient (Wildman–Crippen LogP) is 1.41. The fraction of sp³-hybridized carbons (Fsp3) is 0.438. The number of nitrogens with one attached hydrogen (secondary N) is 2. The Hall–Kier alpha value is -1.99. The van der Waals surface area contributed by atoms with Gasteiger partial charge in [0.25, 0.3) is 5.56 Å². The molecule has 124 valence electrons. The van der Waals surface area contributed by atoms with Crippen molar-refractivity contribution < 1.29 is 4.79 Å². The van der Waals surface area contributed by atoms with E-state index in [9.17, 15) is 9.59 Å². The van der Waals surface area contributed by atoms with Crippen molar-refractivity contribution in [2.24, 2.45) is 0 Å². The Balaban J connectivity index is 2.01. The molecule has 2 aromatic rings. The van der Waals surface area contributed by atoms with Crippen molar-refractivity contribution in [1.29, 1.82) is 0 Å². The number of aryl methyl sites for hydroxylation is 2. The highest BCUT2D eigenvalue weighted by atomic mass is 32.1. The highest BCUT2D eigenvalue weighted by Crippen LogP contribution is 2.19. The zero-order valence-electron chi connectivity index (χ0n) is 13.8. The van der Waals surface area contributed by atoms with Gasteiger partial charge in [-0.3, -0.25) is 9.59 Å². The molecule has 1 amide bonds. The van der Waals surface area contributed by atoms with E-state index in [1.807, 2.05) is 19.5 Å². The molecule has 0 fully saturated rings. The van der Waals surface area contributed by atoms with Gasteiger partial charge in [-0.15, -0.1) is 0 Å². The lowest BCUT2D eigenvalue weighted by Gasteiger charge is -2.24. The molecule has 0 unspecified atom stereocenters. The molecule has 0 aliphatic heterocycles. The van der Waals surface area contributed by atoms with Gasteiger partial charge >= 0.3 is 0 Å². The van der Waals surface area contributed by atoms with Crippen molar-refractivity contribution in [1.82, 2.24) is 20.2 Å². The third kappa shape index (κ3) is 4.49. The van der Waals surface area contributed by atoms with E-state index in [1.54, 1.807) is 25.2 Å². The van der Waals surface area contributed by atoms with E-state index in [0.717, 1.165) is 0 Å².